The summed E-state index contributed by atoms with van der Waals surface area (Å²) < 4.78 is 13.4. The number of fused-ring (bicyclic) bond motifs is 1. The number of hydrogen-bond donors (Lipinski definition) is 1. The van der Waals surface area contributed by atoms with E-state index < -0.39 is 0 Å². The maximum atomic E-state index is 13.4. The molecular weight excluding hydrogens is 427 g/mol. The molecule has 1 aromatic heterocycles. The van der Waals surface area contributed by atoms with Gasteiger partial charge in [-0.15, -0.1) is 0 Å². The number of allylic oxidation sites excluding steroid dienone is 2. The summed E-state index contributed by atoms with van der Waals surface area (Å²) in [6.45, 7) is 2.67. The number of aromatic nitrogens is 2. The monoisotopic (exact) mass is 456 g/mol. The minimum Gasteiger partial charge on any atom is -0.340 e. The predicted octanol–water partition coefficient (Wildman–Crippen LogP) is 5.50. The molecule has 174 valence electrons. The fourth-order valence-corrected chi connectivity index (χ4v) is 4.84. The SMILES string of the molecule is O=C(C=CC1CCN(Cc2cccc(F)c2)CC1)c1ccc(Nc2ncnc3c2CCC3)cc1. The van der Waals surface area contributed by atoms with Crippen LogP contribution in [-0.2, 0) is 19.4 Å². The van der Waals surface area contributed by atoms with Gasteiger partial charge in [0.2, 0.25) is 0 Å². The van der Waals surface area contributed by atoms with Crippen LogP contribution in [0.4, 0.5) is 15.9 Å². The summed E-state index contributed by atoms with van der Waals surface area (Å²) in [5.74, 6) is 1.10. The van der Waals surface area contributed by atoms with Gasteiger partial charge >= 0.3 is 0 Å². The zero-order valence-electron chi connectivity index (χ0n) is 19.2. The lowest BCUT2D eigenvalue weighted by Crippen LogP contribution is -2.32. The maximum absolute atomic E-state index is 13.4. The van der Waals surface area contributed by atoms with Crippen LogP contribution in [0.15, 0.2) is 67.0 Å². The number of likely N-dealkylation sites (tertiary alicyclic amines) is 1. The fourth-order valence-electron chi connectivity index (χ4n) is 4.84. The first-order chi connectivity index (χ1) is 16.6. The Bertz CT molecular complexity index is 1180. The number of carbonyl (C=O) groups is 1. The van der Waals surface area contributed by atoms with E-state index in [-0.39, 0.29) is 11.6 Å². The molecule has 2 aliphatic rings. The molecule has 3 aromatic rings. The summed E-state index contributed by atoms with van der Waals surface area (Å²) >= 11 is 0. The van der Waals surface area contributed by atoms with Gasteiger partial charge in [0.05, 0.1) is 0 Å². The Hall–Kier alpha value is -3.38. The highest BCUT2D eigenvalue weighted by molar-refractivity contribution is 6.04. The first-order valence-corrected chi connectivity index (χ1v) is 12.0. The third-order valence-electron chi connectivity index (χ3n) is 6.75. The topological polar surface area (TPSA) is 58.1 Å². The lowest BCUT2D eigenvalue weighted by atomic mass is 9.95. The van der Waals surface area contributed by atoms with Crippen LogP contribution in [0.2, 0.25) is 0 Å². The van der Waals surface area contributed by atoms with Gasteiger partial charge in [-0.1, -0.05) is 18.2 Å². The predicted molar refractivity (Wildman–Crippen MR) is 132 cm³/mol. The number of anilines is 2. The molecule has 2 heterocycles. The van der Waals surface area contributed by atoms with Crippen LogP contribution in [-0.4, -0.2) is 33.7 Å². The smallest absolute Gasteiger partial charge is 0.185 e. The molecule has 0 saturated carbocycles. The third-order valence-corrected chi connectivity index (χ3v) is 6.75. The lowest BCUT2D eigenvalue weighted by Gasteiger charge is -2.30. The van der Waals surface area contributed by atoms with Crippen molar-refractivity contribution in [2.75, 3.05) is 18.4 Å². The fraction of sp³-hybridized carbons (Fsp3) is 0.321. The van der Waals surface area contributed by atoms with E-state index in [0.29, 0.717) is 11.5 Å². The number of rotatable bonds is 7. The number of benzene rings is 2. The van der Waals surface area contributed by atoms with Crippen LogP contribution in [0.25, 0.3) is 0 Å². The van der Waals surface area contributed by atoms with Crippen molar-refractivity contribution in [2.45, 2.75) is 38.6 Å². The number of nitrogens with zero attached hydrogens (tertiary/aromatic N) is 3. The average Bonchev–Trinajstić information content (AvgIpc) is 3.34. The number of piperidine rings is 1. The second-order valence-corrected chi connectivity index (χ2v) is 9.17. The first kappa shape index (κ1) is 22.4. The van der Waals surface area contributed by atoms with Crippen LogP contribution in [0, 0.1) is 11.7 Å². The van der Waals surface area contributed by atoms with E-state index in [9.17, 15) is 9.18 Å². The lowest BCUT2D eigenvalue weighted by molar-refractivity contribution is 0.104. The van der Waals surface area contributed by atoms with Gasteiger partial charge in [0.15, 0.2) is 5.78 Å². The molecule has 2 aromatic carbocycles. The van der Waals surface area contributed by atoms with Gasteiger partial charge in [0.25, 0.3) is 0 Å². The molecule has 0 radical (unpaired) electrons. The molecule has 1 fully saturated rings. The molecule has 0 bridgehead atoms. The van der Waals surface area contributed by atoms with Gasteiger partial charge in [-0.2, -0.15) is 0 Å². The van der Waals surface area contributed by atoms with E-state index in [2.05, 4.69) is 26.3 Å². The summed E-state index contributed by atoms with van der Waals surface area (Å²) in [6.07, 6.45) is 10.5. The quantitative estimate of drug-likeness (QED) is 0.376. The highest BCUT2D eigenvalue weighted by Gasteiger charge is 2.19. The van der Waals surface area contributed by atoms with Gasteiger partial charge in [0.1, 0.15) is 18.0 Å². The van der Waals surface area contributed by atoms with Crippen molar-refractivity contribution < 1.29 is 9.18 Å². The van der Waals surface area contributed by atoms with Gasteiger partial charge < -0.3 is 5.32 Å². The van der Waals surface area contributed by atoms with Crippen molar-refractivity contribution in [1.29, 1.82) is 0 Å². The number of aryl methyl sites for hydroxylation is 1. The minimum absolute atomic E-state index is 0.0247. The standard InChI is InChI=1S/C28H29FN4O/c29-23-4-1-3-21(17-23)18-33-15-13-20(14-16-33)7-12-27(34)22-8-10-24(11-9-22)32-28-25-5-2-6-26(25)30-19-31-28/h1,3-4,7-12,17,19-20H,2,5-6,13-16,18H2,(H,30,31,32). The molecule has 5 rings (SSSR count). The van der Waals surface area contributed by atoms with E-state index in [1.165, 1.54) is 11.6 Å². The Kier molecular flexibility index (Phi) is 6.77. The summed E-state index contributed by atoms with van der Waals surface area (Å²) in [7, 11) is 0. The molecular formula is C28H29FN4O. The molecule has 1 saturated heterocycles. The van der Waals surface area contributed by atoms with E-state index in [1.807, 2.05) is 30.3 Å². The van der Waals surface area contributed by atoms with Crippen molar-refractivity contribution in [1.82, 2.24) is 14.9 Å². The molecule has 0 unspecified atom stereocenters. The van der Waals surface area contributed by atoms with E-state index >= 15 is 0 Å². The number of hydrogen-bond acceptors (Lipinski definition) is 5. The normalized spacial score (nSPS) is 16.6. The third kappa shape index (κ3) is 5.39. The number of halogens is 1. The zero-order chi connectivity index (χ0) is 23.3. The van der Waals surface area contributed by atoms with Crippen molar-refractivity contribution in [3.63, 3.8) is 0 Å². The first-order valence-electron chi connectivity index (χ1n) is 12.0. The van der Waals surface area contributed by atoms with Crippen LogP contribution in [0.3, 0.4) is 0 Å². The summed E-state index contributed by atoms with van der Waals surface area (Å²) in [6, 6.07) is 14.4. The largest absolute Gasteiger partial charge is 0.340 e. The Balaban J connectivity index is 1.12. The van der Waals surface area contributed by atoms with Crippen LogP contribution >= 0.6 is 0 Å². The molecule has 0 spiro atoms. The maximum Gasteiger partial charge on any atom is 0.185 e. The zero-order valence-corrected chi connectivity index (χ0v) is 19.2. The number of nitrogens with one attached hydrogen (secondary N) is 1. The number of ketones is 1. The van der Waals surface area contributed by atoms with Crippen molar-refractivity contribution in [3.8, 4) is 0 Å². The Morgan fingerprint density at radius 1 is 1.09 bits per heavy atom. The Labute approximate surface area is 199 Å². The van der Waals surface area contributed by atoms with E-state index in [4.69, 9.17) is 0 Å². The summed E-state index contributed by atoms with van der Waals surface area (Å²) in [5, 5.41) is 3.37. The second kappa shape index (κ2) is 10.3. The molecule has 1 aliphatic heterocycles. The molecule has 0 atom stereocenters. The van der Waals surface area contributed by atoms with Gasteiger partial charge in [0, 0.05) is 29.1 Å². The van der Waals surface area contributed by atoms with E-state index in [0.717, 1.165) is 74.5 Å². The van der Waals surface area contributed by atoms with Crippen LogP contribution in [0.5, 0.6) is 0 Å². The molecule has 5 nitrogen and oxygen atoms in total. The van der Waals surface area contributed by atoms with Gasteiger partial charge in [-0.3, -0.25) is 9.69 Å². The highest BCUT2D eigenvalue weighted by Crippen LogP contribution is 2.27. The molecule has 0 amide bonds. The molecule has 34 heavy (non-hydrogen) atoms. The van der Waals surface area contributed by atoms with Crippen LogP contribution in [0.1, 0.15) is 46.4 Å². The Morgan fingerprint density at radius 3 is 2.71 bits per heavy atom. The summed E-state index contributed by atoms with van der Waals surface area (Å²) in [4.78, 5) is 23.8. The molecule has 1 N–H and O–H groups in total. The highest BCUT2D eigenvalue weighted by atomic mass is 19.1. The molecule has 1 aliphatic carbocycles. The molecule has 6 heteroatoms. The van der Waals surface area contributed by atoms with Crippen molar-refractivity contribution >= 4 is 17.3 Å². The van der Waals surface area contributed by atoms with Crippen molar-refractivity contribution in [3.05, 3.63) is 95.2 Å². The van der Waals surface area contributed by atoms with Gasteiger partial charge in [-0.05, 0) is 99.1 Å². The minimum atomic E-state index is -0.185. The van der Waals surface area contributed by atoms with Crippen molar-refractivity contribution in [2.24, 2.45) is 5.92 Å². The van der Waals surface area contributed by atoms with Gasteiger partial charge in [-0.25, -0.2) is 14.4 Å². The Morgan fingerprint density at radius 2 is 1.91 bits per heavy atom. The second-order valence-electron chi connectivity index (χ2n) is 9.17. The van der Waals surface area contributed by atoms with Crippen LogP contribution < -0.4 is 5.32 Å². The summed E-state index contributed by atoms with van der Waals surface area (Å²) in [5.41, 5.74) is 4.94. The number of carbonyl (C=O) groups excluding carboxylic acids is 1. The average molecular weight is 457 g/mol. The van der Waals surface area contributed by atoms with E-state index in [1.54, 1.807) is 24.5 Å².